The van der Waals surface area contributed by atoms with Crippen molar-refractivity contribution in [1.29, 1.82) is 0 Å². The molecule has 2 aromatic rings. The smallest absolute Gasteiger partial charge is 0.186 e. The Morgan fingerprint density at radius 2 is 1.91 bits per heavy atom. The van der Waals surface area contributed by atoms with Crippen molar-refractivity contribution in [2.75, 3.05) is 33.2 Å². The molecular weight excluding hydrogens is 304 g/mol. The summed E-state index contributed by atoms with van der Waals surface area (Å²) < 4.78 is 0. The van der Waals surface area contributed by atoms with E-state index < -0.39 is 0 Å². The van der Waals surface area contributed by atoms with Crippen LogP contribution in [0.25, 0.3) is 6.08 Å². The molecule has 0 aliphatic carbocycles. The molecule has 0 saturated carbocycles. The maximum atomic E-state index is 12.5. The summed E-state index contributed by atoms with van der Waals surface area (Å²) in [4.78, 5) is 18.4. The van der Waals surface area contributed by atoms with Gasteiger partial charge in [0.25, 0.3) is 0 Å². The normalized spacial score (nSPS) is 16.9. The largest absolute Gasteiger partial charge is 0.304 e. The zero-order valence-electron chi connectivity index (χ0n) is 13.4. The molecule has 2 heterocycles. The molecule has 4 heteroatoms. The summed E-state index contributed by atoms with van der Waals surface area (Å²) in [6, 6.07) is 12.0. The highest BCUT2D eigenvalue weighted by Gasteiger charge is 2.16. The van der Waals surface area contributed by atoms with E-state index in [1.165, 1.54) is 0 Å². The number of thiophene rings is 1. The van der Waals surface area contributed by atoms with E-state index in [0.29, 0.717) is 0 Å². The molecule has 1 fully saturated rings. The second-order valence-electron chi connectivity index (χ2n) is 5.95. The van der Waals surface area contributed by atoms with Crippen LogP contribution < -0.4 is 0 Å². The van der Waals surface area contributed by atoms with E-state index in [2.05, 4.69) is 22.9 Å². The van der Waals surface area contributed by atoms with Gasteiger partial charge in [0, 0.05) is 43.2 Å². The Balaban J connectivity index is 1.71. The highest BCUT2D eigenvalue weighted by molar-refractivity contribution is 7.10. The highest BCUT2D eigenvalue weighted by atomic mass is 32.1. The fourth-order valence-electron chi connectivity index (χ4n) is 2.78. The fraction of sp³-hybridized carbons (Fsp3) is 0.316. The minimum Gasteiger partial charge on any atom is -0.304 e. The third-order valence-corrected chi connectivity index (χ3v) is 5.05. The number of nitrogens with zero attached hydrogens (tertiary/aromatic N) is 2. The SMILES string of the molecule is CN1CCN(Cc2ccccc2C(=O)C=Cc2cccs2)CC1. The predicted molar refractivity (Wildman–Crippen MR) is 96.9 cm³/mol. The summed E-state index contributed by atoms with van der Waals surface area (Å²) in [6.07, 6.45) is 3.59. The van der Waals surface area contributed by atoms with Crippen molar-refractivity contribution >= 4 is 23.2 Å². The van der Waals surface area contributed by atoms with Crippen molar-refractivity contribution in [2.45, 2.75) is 6.54 Å². The number of hydrogen-bond donors (Lipinski definition) is 0. The van der Waals surface area contributed by atoms with Gasteiger partial charge in [0.1, 0.15) is 0 Å². The number of rotatable bonds is 5. The van der Waals surface area contributed by atoms with Crippen molar-refractivity contribution in [3.63, 3.8) is 0 Å². The topological polar surface area (TPSA) is 23.6 Å². The Bertz CT molecular complexity index is 670. The molecule has 0 atom stereocenters. The van der Waals surface area contributed by atoms with Crippen LogP contribution in [0.15, 0.2) is 47.9 Å². The van der Waals surface area contributed by atoms with E-state index in [1.54, 1.807) is 17.4 Å². The van der Waals surface area contributed by atoms with Crippen molar-refractivity contribution < 1.29 is 4.79 Å². The van der Waals surface area contributed by atoms with Gasteiger partial charge in [0.2, 0.25) is 0 Å². The zero-order chi connectivity index (χ0) is 16.1. The van der Waals surface area contributed by atoms with E-state index in [1.807, 2.05) is 41.8 Å². The van der Waals surface area contributed by atoms with Gasteiger partial charge < -0.3 is 4.90 Å². The number of carbonyl (C=O) groups excluding carboxylic acids is 1. The number of benzene rings is 1. The maximum Gasteiger partial charge on any atom is 0.186 e. The number of carbonyl (C=O) groups is 1. The van der Waals surface area contributed by atoms with Crippen LogP contribution in [0.5, 0.6) is 0 Å². The van der Waals surface area contributed by atoms with Gasteiger partial charge in [-0.25, -0.2) is 0 Å². The zero-order valence-corrected chi connectivity index (χ0v) is 14.3. The molecule has 1 saturated heterocycles. The molecule has 1 aliphatic heterocycles. The number of ketones is 1. The Labute approximate surface area is 141 Å². The maximum absolute atomic E-state index is 12.5. The Morgan fingerprint density at radius 1 is 1.13 bits per heavy atom. The number of likely N-dealkylation sites (N-methyl/N-ethyl adjacent to an activating group) is 1. The molecule has 1 aliphatic rings. The van der Waals surface area contributed by atoms with Gasteiger partial charge in [-0.2, -0.15) is 0 Å². The summed E-state index contributed by atoms with van der Waals surface area (Å²) in [6.45, 7) is 5.15. The molecule has 120 valence electrons. The molecule has 3 nitrogen and oxygen atoms in total. The lowest BCUT2D eigenvalue weighted by atomic mass is 10.0. The molecule has 0 radical (unpaired) electrons. The molecule has 1 aromatic heterocycles. The summed E-state index contributed by atoms with van der Waals surface area (Å²) in [5, 5.41) is 2.02. The first-order valence-electron chi connectivity index (χ1n) is 7.97. The van der Waals surface area contributed by atoms with E-state index in [4.69, 9.17) is 0 Å². The van der Waals surface area contributed by atoms with Crippen molar-refractivity contribution in [2.24, 2.45) is 0 Å². The van der Waals surface area contributed by atoms with Crippen LogP contribution in [0.4, 0.5) is 0 Å². The van der Waals surface area contributed by atoms with Crippen molar-refractivity contribution in [3.05, 3.63) is 63.9 Å². The third-order valence-electron chi connectivity index (χ3n) is 4.21. The number of piperazine rings is 1. The Morgan fingerprint density at radius 3 is 2.65 bits per heavy atom. The first kappa shape index (κ1) is 16.1. The van der Waals surface area contributed by atoms with E-state index >= 15 is 0 Å². The minimum absolute atomic E-state index is 0.0862. The molecule has 1 aromatic carbocycles. The molecule has 0 N–H and O–H groups in total. The van der Waals surface area contributed by atoms with Crippen LogP contribution in [0.1, 0.15) is 20.8 Å². The van der Waals surface area contributed by atoms with E-state index in [0.717, 1.165) is 48.7 Å². The van der Waals surface area contributed by atoms with Crippen LogP contribution >= 0.6 is 11.3 Å². The summed E-state index contributed by atoms with van der Waals surface area (Å²) in [5.74, 6) is 0.0862. The van der Waals surface area contributed by atoms with Crippen molar-refractivity contribution in [1.82, 2.24) is 9.80 Å². The lowest BCUT2D eigenvalue weighted by molar-refractivity contribution is 0.104. The Hall–Kier alpha value is -1.75. The number of allylic oxidation sites excluding steroid dienone is 1. The van der Waals surface area contributed by atoms with Gasteiger partial charge in [-0.3, -0.25) is 9.69 Å². The molecule has 3 rings (SSSR count). The fourth-order valence-corrected chi connectivity index (χ4v) is 3.40. The first-order chi connectivity index (χ1) is 11.2. The van der Waals surface area contributed by atoms with Crippen LogP contribution in [0, 0.1) is 0 Å². The standard InChI is InChI=1S/C19H22N2OS/c1-20-10-12-21(13-11-20)15-16-5-2-3-7-18(16)19(22)9-8-17-6-4-14-23-17/h2-9,14H,10-13,15H2,1H3. The third kappa shape index (κ3) is 4.38. The summed E-state index contributed by atoms with van der Waals surface area (Å²) >= 11 is 1.64. The minimum atomic E-state index is 0.0862. The second-order valence-corrected chi connectivity index (χ2v) is 6.93. The molecule has 23 heavy (non-hydrogen) atoms. The highest BCUT2D eigenvalue weighted by Crippen LogP contribution is 2.16. The van der Waals surface area contributed by atoms with Gasteiger partial charge in [0.05, 0.1) is 0 Å². The molecular formula is C19H22N2OS. The lowest BCUT2D eigenvalue weighted by Gasteiger charge is -2.32. The first-order valence-corrected chi connectivity index (χ1v) is 8.85. The molecule has 0 amide bonds. The van der Waals surface area contributed by atoms with Gasteiger partial charge >= 0.3 is 0 Å². The average molecular weight is 326 g/mol. The van der Waals surface area contributed by atoms with Gasteiger partial charge in [0.15, 0.2) is 5.78 Å². The lowest BCUT2D eigenvalue weighted by Crippen LogP contribution is -2.44. The average Bonchev–Trinajstić information content (AvgIpc) is 3.09. The molecule has 0 spiro atoms. The van der Waals surface area contributed by atoms with Crippen LogP contribution in [-0.2, 0) is 6.54 Å². The quantitative estimate of drug-likeness (QED) is 0.621. The van der Waals surface area contributed by atoms with Crippen molar-refractivity contribution in [3.8, 4) is 0 Å². The van der Waals surface area contributed by atoms with Gasteiger partial charge in [-0.1, -0.05) is 30.3 Å². The monoisotopic (exact) mass is 326 g/mol. The second kappa shape index (κ2) is 7.68. The van der Waals surface area contributed by atoms with Crippen LogP contribution in [-0.4, -0.2) is 48.8 Å². The summed E-state index contributed by atoms with van der Waals surface area (Å²) in [7, 11) is 2.16. The Kier molecular flexibility index (Phi) is 5.39. The van der Waals surface area contributed by atoms with Gasteiger partial charge in [-0.05, 0) is 36.2 Å². The predicted octanol–water partition coefficient (Wildman–Crippen LogP) is 3.39. The summed E-state index contributed by atoms with van der Waals surface area (Å²) in [5.41, 5.74) is 1.94. The van der Waals surface area contributed by atoms with Crippen LogP contribution in [0.2, 0.25) is 0 Å². The van der Waals surface area contributed by atoms with Gasteiger partial charge in [-0.15, -0.1) is 11.3 Å². The van der Waals surface area contributed by atoms with E-state index in [9.17, 15) is 4.79 Å². The molecule has 0 unspecified atom stereocenters. The van der Waals surface area contributed by atoms with E-state index in [-0.39, 0.29) is 5.78 Å². The van der Waals surface area contributed by atoms with Crippen LogP contribution in [0.3, 0.4) is 0 Å². The number of hydrogen-bond acceptors (Lipinski definition) is 4. The molecule has 0 bridgehead atoms.